The summed E-state index contributed by atoms with van der Waals surface area (Å²) >= 11 is 3.36. The van der Waals surface area contributed by atoms with Gasteiger partial charge in [0.05, 0.1) is 24.4 Å². The van der Waals surface area contributed by atoms with Gasteiger partial charge >= 0.3 is 6.09 Å². The Morgan fingerprint density at radius 1 is 1.62 bits per heavy atom. The number of carbonyl (C=O) groups excluding carboxylic acids is 1. The zero-order valence-electron chi connectivity index (χ0n) is 9.12. The van der Waals surface area contributed by atoms with Gasteiger partial charge in [-0.1, -0.05) is 0 Å². The average Bonchev–Trinajstić information content (AvgIpc) is 2.29. The highest BCUT2D eigenvalue weighted by Gasteiger charge is 2.04. The zero-order chi connectivity index (χ0) is 12.0. The quantitative estimate of drug-likeness (QED) is 0.917. The average molecular weight is 289 g/mol. The second-order valence-corrected chi connectivity index (χ2v) is 3.80. The van der Waals surface area contributed by atoms with Crippen molar-refractivity contribution >= 4 is 22.0 Å². The number of alkyl carbamates (subject to hydrolysis) is 1. The first-order valence-electron chi connectivity index (χ1n) is 4.70. The molecule has 0 radical (unpaired) electrons. The topological polar surface area (TPSA) is 60.5 Å². The molecule has 0 spiro atoms. The van der Waals surface area contributed by atoms with E-state index < -0.39 is 6.09 Å². The summed E-state index contributed by atoms with van der Waals surface area (Å²) in [5, 5.41) is 2.37. The van der Waals surface area contributed by atoms with Gasteiger partial charge in [0.1, 0.15) is 0 Å². The molecular weight excluding hydrogens is 276 g/mol. The maximum absolute atomic E-state index is 10.8. The van der Waals surface area contributed by atoms with Crippen LogP contribution in [0.3, 0.4) is 0 Å². The van der Waals surface area contributed by atoms with Crippen molar-refractivity contribution in [1.29, 1.82) is 0 Å². The van der Waals surface area contributed by atoms with E-state index in [1.54, 1.807) is 13.3 Å². The van der Waals surface area contributed by atoms with Crippen molar-refractivity contribution in [3.05, 3.63) is 22.4 Å². The maximum Gasteiger partial charge on any atom is 0.406 e. The molecule has 1 heterocycles. The molecule has 0 aliphatic heterocycles. The predicted octanol–water partition coefficient (Wildman–Crippen LogP) is 1.75. The number of aromatic nitrogens is 1. The molecule has 6 heteroatoms. The summed E-state index contributed by atoms with van der Waals surface area (Å²) in [7, 11) is 3.10. The largest absolute Gasteiger partial charge is 0.494 e. The number of nitrogens with zero attached hydrogens (tertiary/aromatic N) is 1. The minimum Gasteiger partial charge on any atom is -0.494 e. The number of pyridine rings is 1. The summed E-state index contributed by atoms with van der Waals surface area (Å²) in [6.45, 7) is 0.297. The molecule has 0 unspecified atom stereocenters. The van der Waals surface area contributed by atoms with Gasteiger partial charge < -0.3 is 14.8 Å². The van der Waals surface area contributed by atoms with Gasteiger partial charge in [-0.15, -0.1) is 0 Å². The number of methoxy groups -OCH3 is 1. The fourth-order valence-corrected chi connectivity index (χ4v) is 1.59. The first-order valence-corrected chi connectivity index (χ1v) is 5.49. The maximum atomic E-state index is 10.8. The third-order valence-corrected chi connectivity index (χ3v) is 2.51. The number of ether oxygens (including phenoxy) is 2. The number of nitrogens with one attached hydrogen (secondary N) is 1. The molecule has 5 nitrogen and oxygen atoms in total. The van der Waals surface area contributed by atoms with E-state index in [9.17, 15) is 4.79 Å². The third-order valence-electron chi connectivity index (χ3n) is 1.89. The Kier molecular flexibility index (Phi) is 5.04. The molecule has 0 atom stereocenters. The molecule has 1 aromatic rings. The molecule has 0 saturated heterocycles. The van der Waals surface area contributed by atoms with E-state index in [1.807, 2.05) is 6.07 Å². The lowest BCUT2D eigenvalue weighted by Gasteiger charge is -2.06. The van der Waals surface area contributed by atoms with Crippen LogP contribution in [-0.2, 0) is 11.2 Å². The highest BCUT2D eigenvalue weighted by molar-refractivity contribution is 9.10. The van der Waals surface area contributed by atoms with Crippen LogP contribution in [0.2, 0.25) is 0 Å². The molecule has 1 aromatic heterocycles. The van der Waals surface area contributed by atoms with Gasteiger partial charge in [-0.3, -0.25) is 4.98 Å². The number of amides is 1. The molecule has 88 valence electrons. The Morgan fingerprint density at radius 2 is 2.38 bits per heavy atom. The van der Waals surface area contributed by atoms with Crippen molar-refractivity contribution in [1.82, 2.24) is 10.3 Å². The molecule has 0 aliphatic rings. The molecule has 1 rings (SSSR count). The Morgan fingerprint density at radius 3 is 2.94 bits per heavy atom. The van der Waals surface area contributed by atoms with Gasteiger partial charge in [0.2, 0.25) is 0 Å². The number of halogens is 1. The van der Waals surface area contributed by atoms with E-state index in [4.69, 9.17) is 9.47 Å². The van der Waals surface area contributed by atoms with Crippen molar-refractivity contribution in [3.8, 4) is 5.75 Å². The van der Waals surface area contributed by atoms with Gasteiger partial charge in [0, 0.05) is 19.2 Å². The van der Waals surface area contributed by atoms with E-state index in [0.29, 0.717) is 18.8 Å². The first-order chi connectivity index (χ1) is 7.67. The Hall–Kier alpha value is -1.30. The molecular formula is C10H13BrN2O3. The van der Waals surface area contributed by atoms with Crippen LogP contribution in [0.15, 0.2) is 16.7 Å². The smallest absolute Gasteiger partial charge is 0.406 e. The lowest BCUT2D eigenvalue weighted by Crippen LogP contribution is -2.20. The van der Waals surface area contributed by atoms with Crippen LogP contribution in [0.1, 0.15) is 5.69 Å². The van der Waals surface area contributed by atoms with Crippen LogP contribution in [-0.4, -0.2) is 31.8 Å². The van der Waals surface area contributed by atoms with Crippen LogP contribution in [0, 0.1) is 0 Å². The molecule has 0 aromatic carbocycles. The van der Waals surface area contributed by atoms with Gasteiger partial charge in [-0.05, 0) is 22.0 Å². The van der Waals surface area contributed by atoms with Gasteiger partial charge in [0.15, 0.2) is 5.75 Å². The second-order valence-electron chi connectivity index (χ2n) is 2.95. The lowest BCUT2D eigenvalue weighted by atomic mass is 10.3. The second kappa shape index (κ2) is 6.32. The summed E-state index contributed by atoms with van der Waals surface area (Å²) in [6.07, 6.45) is 1.75. The summed E-state index contributed by atoms with van der Waals surface area (Å²) in [6, 6.07) is 1.84. The fourth-order valence-electron chi connectivity index (χ4n) is 1.07. The molecule has 1 amide bonds. The van der Waals surface area contributed by atoms with Gasteiger partial charge in [0.25, 0.3) is 0 Å². The predicted molar refractivity (Wildman–Crippen MR) is 62.6 cm³/mol. The molecule has 16 heavy (non-hydrogen) atoms. The summed E-state index contributed by atoms with van der Waals surface area (Å²) in [4.78, 5) is 15.0. The molecule has 0 bridgehead atoms. The van der Waals surface area contributed by atoms with E-state index in [0.717, 1.165) is 10.2 Å². The van der Waals surface area contributed by atoms with E-state index in [1.165, 1.54) is 7.05 Å². The monoisotopic (exact) mass is 288 g/mol. The third kappa shape index (κ3) is 3.69. The minimum absolute atomic E-state index is 0.297. The lowest BCUT2D eigenvalue weighted by molar-refractivity contribution is 0.149. The van der Waals surface area contributed by atoms with E-state index >= 15 is 0 Å². The van der Waals surface area contributed by atoms with E-state index in [-0.39, 0.29) is 0 Å². The van der Waals surface area contributed by atoms with Crippen LogP contribution >= 0.6 is 15.9 Å². The summed E-state index contributed by atoms with van der Waals surface area (Å²) in [5.74, 6) is 0.677. The molecule has 0 fully saturated rings. The molecule has 0 saturated carbocycles. The van der Waals surface area contributed by atoms with Gasteiger partial charge in [-0.25, -0.2) is 4.79 Å². The van der Waals surface area contributed by atoms with Crippen molar-refractivity contribution in [2.24, 2.45) is 0 Å². The van der Waals surface area contributed by atoms with Crippen LogP contribution in [0.25, 0.3) is 0 Å². The van der Waals surface area contributed by atoms with E-state index in [2.05, 4.69) is 26.2 Å². The number of hydrogen-bond donors (Lipinski definition) is 1. The van der Waals surface area contributed by atoms with Crippen LogP contribution in [0.5, 0.6) is 5.75 Å². The number of rotatable bonds is 4. The van der Waals surface area contributed by atoms with Crippen LogP contribution in [0.4, 0.5) is 4.79 Å². The molecule has 1 N–H and O–H groups in total. The number of hydrogen-bond acceptors (Lipinski definition) is 4. The normalized spacial score (nSPS) is 9.69. The number of carbonyl (C=O) groups is 1. The first kappa shape index (κ1) is 12.8. The fraction of sp³-hybridized carbons (Fsp3) is 0.400. The Labute approximate surface area is 102 Å². The van der Waals surface area contributed by atoms with Crippen molar-refractivity contribution in [3.63, 3.8) is 0 Å². The molecule has 0 aliphatic carbocycles. The Balaban J connectivity index is 2.49. The highest BCUT2D eigenvalue weighted by Crippen LogP contribution is 2.23. The Bertz CT molecular complexity index is 371. The SMILES string of the molecule is CNC(=O)OCCc1cc(Br)c(OC)cn1. The zero-order valence-corrected chi connectivity index (χ0v) is 10.7. The standard InChI is InChI=1S/C10H13BrN2O3/c1-12-10(14)16-4-3-7-5-8(11)9(15-2)6-13-7/h5-6H,3-4H2,1-2H3,(H,12,14). The summed E-state index contributed by atoms with van der Waals surface area (Å²) in [5.41, 5.74) is 0.830. The van der Waals surface area contributed by atoms with Crippen LogP contribution < -0.4 is 10.1 Å². The van der Waals surface area contributed by atoms with Crippen molar-refractivity contribution in [2.45, 2.75) is 6.42 Å². The van der Waals surface area contributed by atoms with Gasteiger partial charge in [-0.2, -0.15) is 0 Å². The summed E-state index contributed by atoms with van der Waals surface area (Å²) < 4.78 is 10.7. The van der Waals surface area contributed by atoms with Crippen molar-refractivity contribution in [2.75, 3.05) is 20.8 Å². The van der Waals surface area contributed by atoms with Crippen molar-refractivity contribution < 1.29 is 14.3 Å². The minimum atomic E-state index is -0.437. The highest BCUT2D eigenvalue weighted by atomic mass is 79.9.